The normalized spacial score (nSPS) is 29.1. The van der Waals surface area contributed by atoms with Gasteiger partial charge in [-0.05, 0) is 45.6 Å². The summed E-state index contributed by atoms with van der Waals surface area (Å²) in [7, 11) is 0. The van der Waals surface area contributed by atoms with E-state index in [1.165, 1.54) is 38.5 Å². The number of hydrogen-bond donors (Lipinski definition) is 1. The monoisotopic (exact) mass is 249 g/mol. The van der Waals surface area contributed by atoms with Crippen molar-refractivity contribution in [3.63, 3.8) is 0 Å². The largest absolute Gasteiger partial charge is 0.378 e. The van der Waals surface area contributed by atoms with Gasteiger partial charge in [0.15, 0.2) is 0 Å². The Morgan fingerprint density at radius 1 is 1.33 bits per heavy atom. The Bertz CT molecular complexity index is 288. The topological polar surface area (TPSA) is 21.3 Å². The van der Waals surface area contributed by atoms with Gasteiger partial charge in [-0.1, -0.05) is 12.8 Å². The van der Waals surface area contributed by atoms with Crippen molar-refractivity contribution < 1.29 is 4.74 Å². The van der Waals surface area contributed by atoms with Gasteiger partial charge in [0.1, 0.15) is 0 Å². The second-order valence-electron chi connectivity index (χ2n) is 5.79. The summed E-state index contributed by atoms with van der Waals surface area (Å²) in [6, 6.07) is 0.697. The third kappa shape index (κ3) is 2.73. The van der Waals surface area contributed by atoms with Gasteiger partial charge in [-0.3, -0.25) is 0 Å². The zero-order valence-corrected chi connectivity index (χ0v) is 11.7. The maximum atomic E-state index is 5.92. The highest BCUT2D eigenvalue weighted by Crippen LogP contribution is 2.54. The quantitative estimate of drug-likeness (QED) is 0.553. The smallest absolute Gasteiger partial charge is 0.0661 e. The maximum absolute atomic E-state index is 5.92. The van der Waals surface area contributed by atoms with Crippen molar-refractivity contribution in [1.29, 1.82) is 0 Å². The molecule has 2 unspecified atom stereocenters. The van der Waals surface area contributed by atoms with Crippen LogP contribution in [-0.4, -0.2) is 25.3 Å². The Labute approximate surface area is 112 Å². The first-order valence-electron chi connectivity index (χ1n) is 7.62. The van der Waals surface area contributed by atoms with Crippen LogP contribution in [0.1, 0.15) is 58.3 Å². The summed E-state index contributed by atoms with van der Waals surface area (Å²) in [5.41, 5.74) is 0.474. The van der Waals surface area contributed by atoms with Crippen molar-refractivity contribution >= 4 is 0 Å². The molecule has 18 heavy (non-hydrogen) atoms. The van der Waals surface area contributed by atoms with Crippen LogP contribution in [0.25, 0.3) is 0 Å². The molecule has 2 aliphatic rings. The van der Waals surface area contributed by atoms with Crippen molar-refractivity contribution in [3.05, 3.63) is 0 Å². The Morgan fingerprint density at radius 2 is 2.11 bits per heavy atom. The van der Waals surface area contributed by atoms with E-state index in [1.807, 2.05) is 0 Å². The van der Waals surface area contributed by atoms with E-state index in [0.717, 1.165) is 26.0 Å². The van der Waals surface area contributed by atoms with E-state index < -0.39 is 0 Å². The molecule has 2 fully saturated rings. The molecule has 2 rings (SSSR count). The second-order valence-corrected chi connectivity index (χ2v) is 5.79. The van der Waals surface area contributed by atoms with Gasteiger partial charge in [0.05, 0.1) is 6.10 Å². The van der Waals surface area contributed by atoms with E-state index in [-0.39, 0.29) is 0 Å². The molecular weight excluding hydrogens is 222 g/mol. The van der Waals surface area contributed by atoms with Crippen LogP contribution in [0.4, 0.5) is 0 Å². The Morgan fingerprint density at radius 3 is 2.78 bits per heavy atom. The lowest BCUT2D eigenvalue weighted by molar-refractivity contribution is -0.130. The molecule has 2 aliphatic carbocycles. The van der Waals surface area contributed by atoms with E-state index in [1.54, 1.807) is 0 Å². The molecule has 0 radical (unpaired) electrons. The first-order valence-corrected chi connectivity index (χ1v) is 7.62. The fraction of sp³-hybridized carbons (Fsp3) is 0.875. The van der Waals surface area contributed by atoms with Gasteiger partial charge in [0, 0.05) is 24.5 Å². The fourth-order valence-electron chi connectivity index (χ4n) is 3.80. The number of rotatable bonds is 7. The van der Waals surface area contributed by atoms with Gasteiger partial charge < -0.3 is 10.1 Å². The molecule has 0 aliphatic heterocycles. The lowest BCUT2D eigenvalue weighted by Crippen LogP contribution is -2.62. The Kier molecular flexibility index (Phi) is 5.09. The number of hydrogen-bond acceptors (Lipinski definition) is 2. The minimum absolute atomic E-state index is 0.474. The van der Waals surface area contributed by atoms with Crippen molar-refractivity contribution in [1.82, 2.24) is 5.32 Å². The van der Waals surface area contributed by atoms with Crippen LogP contribution in [0.15, 0.2) is 0 Å². The van der Waals surface area contributed by atoms with Gasteiger partial charge in [0.25, 0.3) is 0 Å². The number of ether oxygens (including phenoxy) is 1. The van der Waals surface area contributed by atoms with Crippen LogP contribution in [0.3, 0.4) is 0 Å². The lowest BCUT2D eigenvalue weighted by Gasteiger charge is -2.54. The van der Waals surface area contributed by atoms with E-state index in [4.69, 9.17) is 11.2 Å². The molecule has 2 saturated carbocycles. The summed E-state index contributed by atoms with van der Waals surface area (Å²) < 4.78 is 5.92. The number of nitrogens with one attached hydrogen (secondary N) is 1. The molecule has 0 heterocycles. The van der Waals surface area contributed by atoms with Crippen molar-refractivity contribution in [2.45, 2.75) is 70.4 Å². The molecule has 0 aromatic heterocycles. The van der Waals surface area contributed by atoms with E-state index in [9.17, 15) is 0 Å². The summed E-state index contributed by atoms with van der Waals surface area (Å²) in [6.07, 6.45) is 15.8. The van der Waals surface area contributed by atoms with Gasteiger partial charge in [-0.15, -0.1) is 12.3 Å². The third-order valence-corrected chi connectivity index (χ3v) is 4.83. The molecule has 0 aromatic rings. The summed E-state index contributed by atoms with van der Waals surface area (Å²) in [5, 5.41) is 3.75. The fourth-order valence-corrected chi connectivity index (χ4v) is 3.80. The second kappa shape index (κ2) is 6.59. The molecule has 0 bridgehead atoms. The number of terminal acetylenes is 1. The zero-order chi connectivity index (χ0) is 12.8. The average molecular weight is 249 g/mol. The lowest BCUT2D eigenvalue weighted by atomic mass is 9.60. The van der Waals surface area contributed by atoms with Crippen LogP contribution in [0.5, 0.6) is 0 Å². The van der Waals surface area contributed by atoms with Crippen LogP contribution < -0.4 is 5.32 Å². The van der Waals surface area contributed by atoms with Crippen LogP contribution in [-0.2, 0) is 4.74 Å². The SMILES string of the molecule is C#CCCCCNC1CC(OCC)C12CCCC2. The average Bonchev–Trinajstić information content (AvgIpc) is 2.88. The van der Waals surface area contributed by atoms with Crippen LogP contribution in [0, 0.1) is 17.8 Å². The molecule has 2 heteroatoms. The van der Waals surface area contributed by atoms with Gasteiger partial charge >= 0.3 is 0 Å². The number of unbranched alkanes of at least 4 members (excludes halogenated alkanes) is 2. The summed E-state index contributed by atoms with van der Waals surface area (Å²) in [5.74, 6) is 2.71. The standard InChI is InChI=1S/C16H27NO/c1-3-5-6-9-12-17-14-13-15(18-4-2)16(14)10-7-8-11-16/h1,14-15,17H,4-13H2,2H3. The molecule has 2 atom stereocenters. The van der Waals surface area contributed by atoms with Crippen LogP contribution >= 0.6 is 0 Å². The highest BCUT2D eigenvalue weighted by atomic mass is 16.5. The first kappa shape index (κ1) is 13.9. The van der Waals surface area contributed by atoms with Crippen molar-refractivity contribution in [3.8, 4) is 12.3 Å². The summed E-state index contributed by atoms with van der Waals surface area (Å²) >= 11 is 0. The summed E-state index contributed by atoms with van der Waals surface area (Å²) in [4.78, 5) is 0. The van der Waals surface area contributed by atoms with Crippen molar-refractivity contribution in [2.75, 3.05) is 13.2 Å². The van der Waals surface area contributed by atoms with Crippen LogP contribution in [0.2, 0.25) is 0 Å². The predicted octanol–water partition coefficient (Wildman–Crippen LogP) is 3.12. The third-order valence-electron chi connectivity index (χ3n) is 4.83. The molecule has 102 valence electrons. The van der Waals surface area contributed by atoms with Gasteiger partial charge in [-0.25, -0.2) is 0 Å². The Hall–Kier alpha value is -0.520. The van der Waals surface area contributed by atoms with E-state index in [2.05, 4.69) is 18.2 Å². The molecule has 1 spiro atoms. The maximum Gasteiger partial charge on any atom is 0.0661 e. The minimum atomic E-state index is 0.474. The zero-order valence-electron chi connectivity index (χ0n) is 11.7. The Balaban J connectivity index is 1.74. The van der Waals surface area contributed by atoms with Crippen molar-refractivity contribution in [2.24, 2.45) is 5.41 Å². The highest BCUT2D eigenvalue weighted by Gasteiger charge is 2.56. The molecule has 0 amide bonds. The highest BCUT2D eigenvalue weighted by molar-refractivity contribution is 5.09. The molecule has 2 nitrogen and oxygen atoms in total. The van der Waals surface area contributed by atoms with Gasteiger partial charge in [-0.2, -0.15) is 0 Å². The van der Waals surface area contributed by atoms with Gasteiger partial charge in [0.2, 0.25) is 0 Å². The molecule has 0 saturated heterocycles. The van der Waals surface area contributed by atoms with E-state index >= 15 is 0 Å². The minimum Gasteiger partial charge on any atom is -0.378 e. The first-order chi connectivity index (χ1) is 8.83. The molecule has 0 aromatic carbocycles. The molecule has 1 N–H and O–H groups in total. The summed E-state index contributed by atoms with van der Waals surface area (Å²) in [6.45, 7) is 4.09. The molecular formula is C16H27NO. The van der Waals surface area contributed by atoms with E-state index in [0.29, 0.717) is 17.6 Å². The predicted molar refractivity (Wildman–Crippen MR) is 75.4 cm³/mol.